The van der Waals surface area contributed by atoms with Crippen molar-refractivity contribution in [3.05, 3.63) is 52.2 Å². The molecular formula is C20H24N4O2S2. The third-order valence-electron chi connectivity index (χ3n) is 4.24. The van der Waals surface area contributed by atoms with Crippen LogP contribution in [0.3, 0.4) is 0 Å². The van der Waals surface area contributed by atoms with Gasteiger partial charge in [0.2, 0.25) is 5.91 Å². The van der Waals surface area contributed by atoms with Crippen LogP contribution in [0.4, 0.5) is 0 Å². The van der Waals surface area contributed by atoms with Crippen LogP contribution < -0.4 is 0 Å². The predicted octanol–water partition coefficient (Wildman–Crippen LogP) is 3.71. The second-order valence-corrected chi connectivity index (χ2v) is 8.41. The quantitative estimate of drug-likeness (QED) is 0.498. The number of aryl methyl sites for hydroxylation is 1. The van der Waals surface area contributed by atoms with Crippen molar-refractivity contribution >= 4 is 29.0 Å². The molecule has 8 heteroatoms. The second-order valence-electron chi connectivity index (χ2n) is 6.44. The minimum Gasteiger partial charge on any atom is -0.383 e. The van der Waals surface area contributed by atoms with E-state index in [0.29, 0.717) is 25.4 Å². The van der Waals surface area contributed by atoms with E-state index < -0.39 is 0 Å². The topological polar surface area (TPSA) is 60.2 Å². The number of carbonyl (C=O) groups excluding carboxylic acids is 1. The summed E-state index contributed by atoms with van der Waals surface area (Å²) in [6, 6.07) is 12.2. The molecule has 0 saturated heterocycles. The first-order valence-corrected chi connectivity index (χ1v) is 10.8. The van der Waals surface area contributed by atoms with Crippen molar-refractivity contribution in [2.45, 2.75) is 25.2 Å². The Kier molecular flexibility index (Phi) is 7.24. The summed E-state index contributed by atoms with van der Waals surface area (Å²) in [7, 11) is 3.50. The Morgan fingerprint density at radius 3 is 2.86 bits per heavy atom. The summed E-state index contributed by atoms with van der Waals surface area (Å²) in [6.07, 6.45) is 0. The van der Waals surface area contributed by atoms with Crippen LogP contribution in [-0.4, -0.2) is 52.1 Å². The number of aromatic nitrogens is 3. The van der Waals surface area contributed by atoms with Crippen molar-refractivity contribution in [3.8, 4) is 11.4 Å². The molecule has 0 aliphatic rings. The number of rotatable bonds is 9. The SMILES string of the molecule is COCCn1c(SCC(=O)N(C)Cc2cccs2)nnc1-c1cccc(C)c1. The molecule has 0 radical (unpaired) electrons. The fourth-order valence-electron chi connectivity index (χ4n) is 2.74. The molecular weight excluding hydrogens is 392 g/mol. The molecule has 0 spiro atoms. The average molecular weight is 417 g/mol. The molecule has 0 saturated carbocycles. The van der Waals surface area contributed by atoms with Gasteiger partial charge in [0.25, 0.3) is 0 Å². The standard InChI is InChI=1S/C20H24N4O2S2/c1-15-6-4-7-16(12-15)19-21-22-20(24(19)9-10-26-3)28-14-18(25)23(2)13-17-8-5-11-27-17/h4-8,11-12H,9-10,13-14H2,1-3H3. The molecule has 28 heavy (non-hydrogen) atoms. The number of hydrogen-bond acceptors (Lipinski definition) is 6. The summed E-state index contributed by atoms with van der Waals surface area (Å²) in [5.41, 5.74) is 2.18. The van der Waals surface area contributed by atoms with E-state index in [1.807, 2.05) is 41.3 Å². The van der Waals surface area contributed by atoms with Crippen molar-refractivity contribution in [1.29, 1.82) is 0 Å². The van der Waals surface area contributed by atoms with Gasteiger partial charge in [-0.25, -0.2) is 0 Å². The van der Waals surface area contributed by atoms with E-state index in [4.69, 9.17) is 4.74 Å². The fourth-order valence-corrected chi connectivity index (χ4v) is 4.40. The van der Waals surface area contributed by atoms with Crippen LogP contribution >= 0.6 is 23.1 Å². The van der Waals surface area contributed by atoms with Gasteiger partial charge >= 0.3 is 0 Å². The van der Waals surface area contributed by atoms with E-state index in [9.17, 15) is 4.79 Å². The third-order valence-corrected chi connectivity index (χ3v) is 6.05. The second kappa shape index (κ2) is 9.86. The van der Waals surface area contributed by atoms with Crippen LogP contribution in [0.15, 0.2) is 46.9 Å². The fraction of sp³-hybridized carbons (Fsp3) is 0.350. The lowest BCUT2D eigenvalue weighted by Gasteiger charge is -2.16. The molecule has 0 N–H and O–H groups in total. The van der Waals surface area contributed by atoms with Gasteiger partial charge in [0, 0.05) is 24.6 Å². The molecule has 1 amide bonds. The Morgan fingerprint density at radius 1 is 1.29 bits per heavy atom. The van der Waals surface area contributed by atoms with Crippen molar-refractivity contribution in [3.63, 3.8) is 0 Å². The van der Waals surface area contributed by atoms with E-state index in [1.54, 1.807) is 23.3 Å². The highest BCUT2D eigenvalue weighted by atomic mass is 32.2. The van der Waals surface area contributed by atoms with Gasteiger partial charge in [0.05, 0.1) is 25.4 Å². The van der Waals surface area contributed by atoms with Crippen LogP contribution in [0.2, 0.25) is 0 Å². The van der Waals surface area contributed by atoms with Gasteiger partial charge in [-0.2, -0.15) is 0 Å². The average Bonchev–Trinajstić information content (AvgIpc) is 3.34. The summed E-state index contributed by atoms with van der Waals surface area (Å²) >= 11 is 3.07. The highest BCUT2D eigenvalue weighted by Crippen LogP contribution is 2.25. The lowest BCUT2D eigenvalue weighted by atomic mass is 10.1. The number of hydrogen-bond donors (Lipinski definition) is 0. The van der Waals surface area contributed by atoms with Crippen LogP contribution in [0, 0.1) is 6.92 Å². The number of nitrogens with zero attached hydrogens (tertiary/aromatic N) is 4. The van der Waals surface area contributed by atoms with E-state index in [-0.39, 0.29) is 5.91 Å². The van der Waals surface area contributed by atoms with Crippen LogP contribution in [0.5, 0.6) is 0 Å². The lowest BCUT2D eigenvalue weighted by molar-refractivity contribution is -0.127. The highest BCUT2D eigenvalue weighted by Gasteiger charge is 2.17. The number of methoxy groups -OCH3 is 1. The maximum atomic E-state index is 12.5. The number of benzene rings is 1. The highest BCUT2D eigenvalue weighted by molar-refractivity contribution is 7.99. The number of amides is 1. The monoisotopic (exact) mass is 416 g/mol. The first-order chi connectivity index (χ1) is 13.6. The molecule has 0 unspecified atom stereocenters. The summed E-state index contributed by atoms with van der Waals surface area (Å²) in [6.45, 7) is 3.87. The first kappa shape index (κ1) is 20.6. The molecule has 0 aliphatic heterocycles. The Morgan fingerprint density at radius 2 is 2.14 bits per heavy atom. The molecule has 3 aromatic rings. The van der Waals surface area contributed by atoms with Crippen molar-refractivity contribution in [2.75, 3.05) is 26.5 Å². The van der Waals surface area contributed by atoms with Crippen molar-refractivity contribution in [2.24, 2.45) is 0 Å². The summed E-state index contributed by atoms with van der Waals surface area (Å²) in [5, 5.41) is 11.5. The maximum Gasteiger partial charge on any atom is 0.233 e. The Labute approximate surface area is 173 Å². The third kappa shape index (κ3) is 5.21. The molecule has 2 heterocycles. The molecule has 6 nitrogen and oxygen atoms in total. The summed E-state index contributed by atoms with van der Waals surface area (Å²) in [4.78, 5) is 15.4. The largest absolute Gasteiger partial charge is 0.383 e. The van der Waals surface area contributed by atoms with Crippen LogP contribution in [0.1, 0.15) is 10.4 Å². The molecule has 1 aromatic carbocycles. The number of thiophene rings is 1. The van der Waals surface area contributed by atoms with Gasteiger partial charge in [0.1, 0.15) is 0 Å². The molecule has 2 aromatic heterocycles. The van der Waals surface area contributed by atoms with Gasteiger partial charge < -0.3 is 9.64 Å². The predicted molar refractivity (Wildman–Crippen MR) is 114 cm³/mol. The Balaban J connectivity index is 1.71. The van der Waals surface area contributed by atoms with Crippen LogP contribution in [0.25, 0.3) is 11.4 Å². The number of carbonyl (C=O) groups is 1. The van der Waals surface area contributed by atoms with Crippen molar-refractivity contribution < 1.29 is 9.53 Å². The number of thioether (sulfide) groups is 1. The molecule has 148 valence electrons. The zero-order chi connectivity index (χ0) is 19.9. The maximum absolute atomic E-state index is 12.5. The summed E-state index contributed by atoms with van der Waals surface area (Å²) < 4.78 is 7.27. The number of ether oxygens (including phenoxy) is 1. The van der Waals surface area contributed by atoms with Gasteiger partial charge in [0.15, 0.2) is 11.0 Å². The van der Waals surface area contributed by atoms with E-state index in [2.05, 4.69) is 29.3 Å². The zero-order valence-electron chi connectivity index (χ0n) is 16.3. The van der Waals surface area contributed by atoms with Gasteiger partial charge in [-0.05, 0) is 24.4 Å². The van der Waals surface area contributed by atoms with Gasteiger partial charge in [-0.1, -0.05) is 41.6 Å². The first-order valence-electron chi connectivity index (χ1n) is 8.97. The molecule has 0 aliphatic carbocycles. The molecule has 3 rings (SSSR count). The van der Waals surface area contributed by atoms with E-state index >= 15 is 0 Å². The Bertz CT molecular complexity index is 909. The van der Waals surface area contributed by atoms with Crippen molar-refractivity contribution in [1.82, 2.24) is 19.7 Å². The minimum atomic E-state index is 0.0665. The van der Waals surface area contributed by atoms with Gasteiger partial charge in [-0.3, -0.25) is 9.36 Å². The Hall–Kier alpha value is -2.16. The minimum absolute atomic E-state index is 0.0665. The normalized spacial score (nSPS) is 11.0. The van der Waals surface area contributed by atoms with Crippen LogP contribution in [-0.2, 0) is 22.6 Å². The van der Waals surface area contributed by atoms with E-state index in [0.717, 1.165) is 16.5 Å². The smallest absolute Gasteiger partial charge is 0.233 e. The zero-order valence-corrected chi connectivity index (χ0v) is 17.9. The molecule has 0 fully saturated rings. The molecule has 0 atom stereocenters. The lowest BCUT2D eigenvalue weighted by Crippen LogP contribution is -2.27. The summed E-state index contributed by atoms with van der Waals surface area (Å²) in [5.74, 6) is 1.18. The van der Waals surface area contributed by atoms with E-state index in [1.165, 1.54) is 22.2 Å². The van der Waals surface area contributed by atoms with Gasteiger partial charge in [-0.15, -0.1) is 21.5 Å². The molecule has 0 bridgehead atoms.